The molecule has 0 aliphatic carbocycles. The second-order valence-corrected chi connectivity index (χ2v) is 6.93. The van der Waals surface area contributed by atoms with Gasteiger partial charge in [-0.1, -0.05) is 36.4 Å². The molecule has 2 aromatic heterocycles. The number of hydrogen-bond donors (Lipinski definition) is 1. The zero-order valence-electron chi connectivity index (χ0n) is 16.5. The minimum absolute atomic E-state index is 0.159. The van der Waals surface area contributed by atoms with Crippen LogP contribution in [0.4, 0.5) is 0 Å². The van der Waals surface area contributed by atoms with Crippen LogP contribution in [0.2, 0.25) is 0 Å². The molecule has 0 aliphatic rings. The van der Waals surface area contributed by atoms with Gasteiger partial charge in [-0.15, -0.1) is 0 Å². The molecule has 1 amide bonds. The summed E-state index contributed by atoms with van der Waals surface area (Å²) < 4.78 is 5.37. The summed E-state index contributed by atoms with van der Waals surface area (Å²) in [5.74, 6) is 0.273. The topological polar surface area (TPSA) is 75.3 Å². The fraction of sp³-hybridized carbons (Fsp3) is 0.125. The highest BCUT2D eigenvalue weighted by molar-refractivity contribution is 5.97. The zero-order valence-corrected chi connectivity index (χ0v) is 16.5. The van der Waals surface area contributed by atoms with Crippen LogP contribution in [0.25, 0.3) is 10.9 Å². The lowest BCUT2D eigenvalue weighted by molar-refractivity contribution is 0.0726. The minimum Gasteiger partial charge on any atom is -0.496 e. The monoisotopic (exact) mass is 399 g/mol. The van der Waals surface area contributed by atoms with E-state index in [-0.39, 0.29) is 18.0 Å². The van der Waals surface area contributed by atoms with Gasteiger partial charge in [0.05, 0.1) is 19.2 Å². The average molecular weight is 399 g/mol. The molecule has 0 saturated heterocycles. The second-order valence-electron chi connectivity index (χ2n) is 6.93. The second kappa shape index (κ2) is 8.61. The van der Waals surface area contributed by atoms with E-state index in [1.807, 2.05) is 48.5 Å². The Balaban J connectivity index is 1.73. The maximum atomic E-state index is 13.4. The lowest BCUT2D eigenvalue weighted by Gasteiger charge is -2.23. The Morgan fingerprint density at radius 2 is 1.83 bits per heavy atom. The van der Waals surface area contributed by atoms with Gasteiger partial charge >= 0.3 is 0 Å². The molecule has 0 unspecified atom stereocenters. The van der Waals surface area contributed by atoms with Gasteiger partial charge in [-0.3, -0.25) is 14.6 Å². The lowest BCUT2D eigenvalue weighted by Crippen LogP contribution is -2.32. The Morgan fingerprint density at radius 1 is 1.03 bits per heavy atom. The fourth-order valence-electron chi connectivity index (χ4n) is 3.42. The number of fused-ring (bicyclic) bond motifs is 1. The Bertz CT molecular complexity index is 1240. The molecule has 2 aromatic carbocycles. The predicted octanol–water partition coefficient (Wildman–Crippen LogP) is 3.77. The Morgan fingerprint density at radius 3 is 2.63 bits per heavy atom. The summed E-state index contributed by atoms with van der Waals surface area (Å²) in [7, 11) is 1.53. The summed E-state index contributed by atoms with van der Waals surface area (Å²) in [6.07, 6.45) is 3.40. The van der Waals surface area contributed by atoms with E-state index in [0.717, 1.165) is 16.5 Å². The molecule has 4 aromatic rings. The van der Waals surface area contributed by atoms with E-state index in [1.54, 1.807) is 35.5 Å². The molecule has 150 valence electrons. The van der Waals surface area contributed by atoms with E-state index in [2.05, 4.69) is 9.97 Å². The summed E-state index contributed by atoms with van der Waals surface area (Å²) in [6, 6.07) is 20.2. The summed E-state index contributed by atoms with van der Waals surface area (Å²) in [5.41, 5.74) is 2.39. The number of rotatable bonds is 6. The van der Waals surface area contributed by atoms with Gasteiger partial charge in [0, 0.05) is 30.0 Å². The van der Waals surface area contributed by atoms with Crippen molar-refractivity contribution in [2.45, 2.75) is 13.1 Å². The fourth-order valence-corrected chi connectivity index (χ4v) is 3.42. The molecule has 0 fully saturated rings. The van der Waals surface area contributed by atoms with Crippen molar-refractivity contribution in [1.82, 2.24) is 14.9 Å². The van der Waals surface area contributed by atoms with Gasteiger partial charge in [0.1, 0.15) is 5.75 Å². The highest BCUT2D eigenvalue weighted by Crippen LogP contribution is 2.22. The smallest absolute Gasteiger partial charge is 0.258 e. The number of aromatic amines is 1. The molecule has 0 spiro atoms. The maximum Gasteiger partial charge on any atom is 0.258 e. The first kappa shape index (κ1) is 19.4. The van der Waals surface area contributed by atoms with Gasteiger partial charge in [0.25, 0.3) is 11.5 Å². The summed E-state index contributed by atoms with van der Waals surface area (Å²) in [5, 5.41) is 0.915. The number of ether oxygens (including phenoxy) is 1. The Kier molecular flexibility index (Phi) is 5.57. The van der Waals surface area contributed by atoms with Crippen LogP contribution in [0.1, 0.15) is 21.5 Å². The Hall–Kier alpha value is -3.93. The van der Waals surface area contributed by atoms with E-state index < -0.39 is 0 Å². The number of amides is 1. The molecular weight excluding hydrogens is 378 g/mol. The largest absolute Gasteiger partial charge is 0.496 e. The molecular formula is C24H21N3O3. The molecule has 0 bridgehead atoms. The van der Waals surface area contributed by atoms with Crippen molar-refractivity contribution < 1.29 is 9.53 Å². The van der Waals surface area contributed by atoms with Crippen LogP contribution in [0, 0.1) is 0 Å². The number of H-pyrrole nitrogens is 1. The number of aromatic nitrogens is 2. The maximum absolute atomic E-state index is 13.4. The molecule has 4 rings (SSSR count). The highest BCUT2D eigenvalue weighted by atomic mass is 16.5. The van der Waals surface area contributed by atoms with Gasteiger partial charge in [-0.05, 0) is 41.3 Å². The number of pyridine rings is 2. The average Bonchev–Trinajstić information content (AvgIpc) is 2.79. The molecule has 0 radical (unpaired) electrons. The number of hydrogen-bond acceptors (Lipinski definition) is 4. The number of carbonyl (C=O) groups excluding carboxylic acids is 1. The van der Waals surface area contributed by atoms with Crippen LogP contribution < -0.4 is 10.3 Å². The molecule has 1 N–H and O–H groups in total. The van der Waals surface area contributed by atoms with Crippen LogP contribution >= 0.6 is 0 Å². The number of benzene rings is 2. The lowest BCUT2D eigenvalue weighted by atomic mass is 10.1. The first-order valence-corrected chi connectivity index (χ1v) is 9.58. The summed E-state index contributed by atoms with van der Waals surface area (Å²) >= 11 is 0. The number of nitrogens with one attached hydrogen (secondary N) is 1. The quantitative estimate of drug-likeness (QED) is 0.535. The van der Waals surface area contributed by atoms with Crippen molar-refractivity contribution in [3.8, 4) is 5.75 Å². The number of para-hydroxylation sites is 2. The number of carbonyl (C=O) groups is 1. The molecule has 0 atom stereocenters. The molecule has 6 nitrogen and oxygen atoms in total. The molecule has 2 heterocycles. The number of nitrogens with zero attached hydrogens (tertiary/aromatic N) is 2. The van der Waals surface area contributed by atoms with Crippen LogP contribution in [0.15, 0.2) is 83.9 Å². The highest BCUT2D eigenvalue weighted by Gasteiger charge is 2.21. The SMILES string of the molecule is COc1ccccc1C(=O)N(Cc1cccnc1)Cc1cc2ccccc2[nH]c1=O. The van der Waals surface area contributed by atoms with Gasteiger partial charge in [-0.2, -0.15) is 0 Å². The standard InChI is InChI=1S/C24H21N3O3/c1-30-22-11-5-3-9-20(22)24(29)27(15-17-7-6-12-25-14-17)16-19-13-18-8-2-4-10-21(18)26-23(19)28/h2-14H,15-16H2,1H3,(H,26,28). The third kappa shape index (κ3) is 4.07. The third-order valence-electron chi connectivity index (χ3n) is 4.91. The molecule has 0 saturated carbocycles. The first-order valence-electron chi connectivity index (χ1n) is 9.58. The van der Waals surface area contributed by atoms with Gasteiger partial charge in [0.15, 0.2) is 0 Å². The Labute approximate surface area is 173 Å². The zero-order chi connectivity index (χ0) is 20.9. The van der Waals surface area contributed by atoms with Crippen LogP contribution in [-0.2, 0) is 13.1 Å². The van der Waals surface area contributed by atoms with Crippen LogP contribution in [0.5, 0.6) is 5.75 Å². The normalized spacial score (nSPS) is 10.7. The summed E-state index contributed by atoms with van der Waals surface area (Å²) in [4.78, 5) is 34.8. The van der Waals surface area contributed by atoms with Crippen LogP contribution in [0.3, 0.4) is 0 Å². The van der Waals surface area contributed by atoms with Crippen molar-refractivity contribution in [3.05, 3.63) is 106 Å². The third-order valence-corrected chi connectivity index (χ3v) is 4.91. The van der Waals surface area contributed by atoms with Crippen molar-refractivity contribution in [2.75, 3.05) is 7.11 Å². The summed E-state index contributed by atoms with van der Waals surface area (Å²) in [6.45, 7) is 0.475. The van der Waals surface area contributed by atoms with E-state index >= 15 is 0 Å². The molecule has 30 heavy (non-hydrogen) atoms. The van der Waals surface area contributed by atoms with E-state index in [0.29, 0.717) is 23.4 Å². The predicted molar refractivity (Wildman–Crippen MR) is 115 cm³/mol. The van der Waals surface area contributed by atoms with E-state index in [9.17, 15) is 9.59 Å². The van der Waals surface area contributed by atoms with Crippen molar-refractivity contribution in [1.29, 1.82) is 0 Å². The minimum atomic E-state index is -0.219. The van der Waals surface area contributed by atoms with E-state index in [4.69, 9.17) is 4.74 Å². The first-order chi connectivity index (χ1) is 14.7. The van der Waals surface area contributed by atoms with Crippen molar-refractivity contribution in [2.24, 2.45) is 0 Å². The van der Waals surface area contributed by atoms with Crippen molar-refractivity contribution >= 4 is 16.8 Å². The van der Waals surface area contributed by atoms with Gasteiger partial charge < -0.3 is 14.6 Å². The van der Waals surface area contributed by atoms with Crippen LogP contribution in [-0.4, -0.2) is 27.9 Å². The number of methoxy groups -OCH3 is 1. The van der Waals surface area contributed by atoms with Gasteiger partial charge in [0.2, 0.25) is 0 Å². The van der Waals surface area contributed by atoms with Gasteiger partial charge in [-0.25, -0.2) is 0 Å². The molecule has 0 aliphatic heterocycles. The van der Waals surface area contributed by atoms with E-state index in [1.165, 1.54) is 7.11 Å². The van der Waals surface area contributed by atoms with Crippen molar-refractivity contribution in [3.63, 3.8) is 0 Å². The molecule has 6 heteroatoms.